The number of aromatic amines is 1. The largest absolute Gasteiger partial charge is 0.360 e. The smallest absolute Gasteiger partial charge is 0.292 e. The van der Waals surface area contributed by atoms with Gasteiger partial charge in [0.2, 0.25) is 0 Å². The molecule has 0 saturated carbocycles. The standard InChI is InChI=1S/C19H26N4O2/c1-13(2)17-16-14(12-22-15(16)6-7-20-17)18(24)19(25)21-8-11-23-9-4-3-5-10-23/h6-7,12-13,22H,3-5,8-11H2,1-2H3,(H,21,25). The molecule has 0 aromatic carbocycles. The Morgan fingerprint density at radius 1 is 1.28 bits per heavy atom. The summed E-state index contributed by atoms with van der Waals surface area (Å²) in [5.41, 5.74) is 2.08. The molecule has 6 nitrogen and oxygen atoms in total. The average Bonchev–Trinajstić information content (AvgIpc) is 3.05. The van der Waals surface area contributed by atoms with Gasteiger partial charge in [-0.15, -0.1) is 0 Å². The number of likely N-dealkylation sites (tertiary alicyclic amines) is 1. The zero-order valence-electron chi connectivity index (χ0n) is 15.0. The van der Waals surface area contributed by atoms with Crippen molar-refractivity contribution in [3.05, 3.63) is 29.7 Å². The first-order valence-electron chi connectivity index (χ1n) is 9.09. The Balaban J connectivity index is 1.68. The lowest BCUT2D eigenvalue weighted by Crippen LogP contribution is -2.39. The second kappa shape index (κ2) is 7.78. The Bertz CT molecular complexity index is 760. The molecular weight excluding hydrogens is 316 g/mol. The number of pyridine rings is 1. The van der Waals surface area contributed by atoms with Crippen LogP contribution in [0.2, 0.25) is 0 Å². The van der Waals surface area contributed by atoms with Gasteiger partial charge in [0.15, 0.2) is 0 Å². The average molecular weight is 342 g/mol. The maximum absolute atomic E-state index is 12.6. The first-order chi connectivity index (χ1) is 12.1. The fourth-order valence-electron chi connectivity index (χ4n) is 3.43. The number of H-pyrrole nitrogens is 1. The molecular formula is C19H26N4O2. The molecule has 2 aromatic heterocycles. The maximum Gasteiger partial charge on any atom is 0.292 e. The van der Waals surface area contributed by atoms with Crippen molar-refractivity contribution in [1.29, 1.82) is 0 Å². The van der Waals surface area contributed by atoms with Crippen molar-refractivity contribution in [1.82, 2.24) is 20.2 Å². The number of hydrogen-bond donors (Lipinski definition) is 2. The molecule has 2 aromatic rings. The zero-order valence-corrected chi connectivity index (χ0v) is 15.0. The highest BCUT2D eigenvalue weighted by Crippen LogP contribution is 2.26. The lowest BCUT2D eigenvalue weighted by atomic mass is 10.0. The van der Waals surface area contributed by atoms with Crippen LogP contribution in [0.1, 0.15) is 55.1 Å². The first-order valence-corrected chi connectivity index (χ1v) is 9.09. The summed E-state index contributed by atoms with van der Waals surface area (Å²) in [6.45, 7) is 7.52. The Hall–Kier alpha value is -2.21. The van der Waals surface area contributed by atoms with Gasteiger partial charge < -0.3 is 15.2 Å². The summed E-state index contributed by atoms with van der Waals surface area (Å²) >= 11 is 0. The van der Waals surface area contributed by atoms with Crippen LogP contribution in [-0.2, 0) is 4.79 Å². The number of nitrogens with zero attached hydrogens (tertiary/aromatic N) is 2. The van der Waals surface area contributed by atoms with Crippen LogP contribution in [-0.4, -0.2) is 52.7 Å². The van der Waals surface area contributed by atoms with Crippen molar-refractivity contribution in [2.75, 3.05) is 26.2 Å². The van der Waals surface area contributed by atoms with Gasteiger partial charge in [-0.25, -0.2) is 0 Å². The molecule has 0 unspecified atom stereocenters. The van der Waals surface area contributed by atoms with Gasteiger partial charge in [-0.3, -0.25) is 14.6 Å². The van der Waals surface area contributed by atoms with Gasteiger partial charge in [0.1, 0.15) is 0 Å². The van der Waals surface area contributed by atoms with Crippen molar-refractivity contribution in [3.63, 3.8) is 0 Å². The minimum Gasteiger partial charge on any atom is -0.360 e. The van der Waals surface area contributed by atoms with Gasteiger partial charge in [0, 0.05) is 36.4 Å². The van der Waals surface area contributed by atoms with Crippen LogP contribution in [0.3, 0.4) is 0 Å². The predicted molar refractivity (Wildman–Crippen MR) is 97.8 cm³/mol. The van der Waals surface area contributed by atoms with Crippen LogP contribution in [0.4, 0.5) is 0 Å². The van der Waals surface area contributed by atoms with Gasteiger partial charge >= 0.3 is 0 Å². The summed E-state index contributed by atoms with van der Waals surface area (Å²) in [4.78, 5) is 34.7. The summed E-state index contributed by atoms with van der Waals surface area (Å²) in [6, 6.07) is 1.83. The molecule has 3 rings (SSSR count). The number of piperidine rings is 1. The topological polar surface area (TPSA) is 78.1 Å². The summed E-state index contributed by atoms with van der Waals surface area (Å²) in [5, 5.41) is 3.52. The molecule has 6 heteroatoms. The molecule has 134 valence electrons. The van der Waals surface area contributed by atoms with Crippen LogP contribution >= 0.6 is 0 Å². The molecule has 0 spiro atoms. The summed E-state index contributed by atoms with van der Waals surface area (Å²) in [5.74, 6) is -0.871. The molecule has 25 heavy (non-hydrogen) atoms. The Labute approximate surface area is 148 Å². The quantitative estimate of drug-likeness (QED) is 0.624. The van der Waals surface area contributed by atoms with E-state index in [4.69, 9.17) is 0 Å². The summed E-state index contributed by atoms with van der Waals surface area (Å²) in [7, 11) is 0. The Morgan fingerprint density at radius 2 is 2.04 bits per heavy atom. The SMILES string of the molecule is CC(C)c1nccc2[nH]cc(C(=O)C(=O)NCCN3CCCCC3)c12. The molecule has 1 saturated heterocycles. The van der Waals surface area contributed by atoms with Crippen molar-refractivity contribution < 1.29 is 9.59 Å². The molecule has 1 aliphatic heterocycles. The second-order valence-corrected chi connectivity index (χ2v) is 6.96. The predicted octanol–water partition coefficient (Wildman–Crippen LogP) is 2.47. The van der Waals surface area contributed by atoms with Gasteiger partial charge in [-0.2, -0.15) is 0 Å². The molecule has 3 heterocycles. The number of nitrogens with one attached hydrogen (secondary N) is 2. The number of fused-ring (bicyclic) bond motifs is 1. The van der Waals surface area contributed by atoms with Gasteiger partial charge in [0.05, 0.1) is 11.3 Å². The number of Topliss-reactive ketones (excluding diaryl/α,β-unsaturated/α-hetero) is 1. The van der Waals surface area contributed by atoms with E-state index in [1.165, 1.54) is 19.3 Å². The fourth-order valence-corrected chi connectivity index (χ4v) is 3.43. The molecule has 1 amide bonds. The molecule has 2 N–H and O–H groups in total. The molecule has 0 bridgehead atoms. The Kier molecular flexibility index (Phi) is 5.48. The molecule has 0 atom stereocenters. The van der Waals surface area contributed by atoms with Crippen LogP contribution in [0.5, 0.6) is 0 Å². The van der Waals surface area contributed by atoms with E-state index in [0.29, 0.717) is 12.1 Å². The number of rotatable bonds is 6. The van der Waals surface area contributed by atoms with E-state index in [1.807, 2.05) is 19.9 Å². The fraction of sp³-hybridized carbons (Fsp3) is 0.526. The van der Waals surface area contributed by atoms with Crippen molar-refractivity contribution in [2.45, 2.75) is 39.0 Å². The van der Waals surface area contributed by atoms with Crippen LogP contribution in [0.25, 0.3) is 10.9 Å². The van der Waals surface area contributed by atoms with E-state index in [1.54, 1.807) is 12.4 Å². The maximum atomic E-state index is 12.6. The number of ketones is 1. The first kappa shape index (κ1) is 17.6. The van der Waals surface area contributed by atoms with E-state index in [0.717, 1.165) is 36.2 Å². The highest BCUT2D eigenvalue weighted by Gasteiger charge is 2.23. The molecule has 0 radical (unpaired) electrons. The second-order valence-electron chi connectivity index (χ2n) is 6.96. The van der Waals surface area contributed by atoms with E-state index in [-0.39, 0.29) is 5.92 Å². The molecule has 0 aliphatic carbocycles. The minimum absolute atomic E-state index is 0.174. The lowest BCUT2D eigenvalue weighted by molar-refractivity contribution is -0.117. The van der Waals surface area contributed by atoms with E-state index < -0.39 is 11.7 Å². The van der Waals surface area contributed by atoms with Crippen molar-refractivity contribution in [2.24, 2.45) is 0 Å². The third-order valence-corrected chi connectivity index (χ3v) is 4.78. The van der Waals surface area contributed by atoms with Gasteiger partial charge in [-0.05, 0) is 37.9 Å². The number of amides is 1. The van der Waals surface area contributed by atoms with Crippen LogP contribution in [0, 0.1) is 0 Å². The molecule has 1 aliphatic rings. The van der Waals surface area contributed by atoms with E-state index in [2.05, 4.69) is 20.2 Å². The molecule has 1 fully saturated rings. The highest BCUT2D eigenvalue weighted by molar-refractivity contribution is 6.45. The van der Waals surface area contributed by atoms with Gasteiger partial charge in [-0.1, -0.05) is 20.3 Å². The lowest BCUT2D eigenvalue weighted by Gasteiger charge is -2.26. The normalized spacial score (nSPS) is 15.6. The highest BCUT2D eigenvalue weighted by atomic mass is 16.2. The van der Waals surface area contributed by atoms with Crippen molar-refractivity contribution >= 4 is 22.6 Å². The number of carbonyl (C=O) groups is 2. The third-order valence-electron chi connectivity index (χ3n) is 4.78. The third kappa shape index (κ3) is 3.90. The number of hydrogen-bond acceptors (Lipinski definition) is 4. The van der Waals surface area contributed by atoms with Crippen LogP contribution in [0.15, 0.2) is 18.5 Å². The van der Waals surface area contributed by atoms with Crippen molar-refractivity contribution in [3.8, 4) is 0 Å². The monoisotopic (exact) mass is 342 g/mol. The summed E-state index contributed by atoms with van der Waals surface area (Å²) < 4.78 is 0. The van der Waals surface area contributed by atoms with Gasteiger partial charge in [0.25, 0.3) is 11.7 Å². The minimum atomic E-state index is -0.545. The van der Waals surface area contributed by atoms with Crippen LogP contribution < -0.4 is 5.32 Å². The van der Waals surface area contributed by atoms with E-state index >= 15 is 0 Å². The zero-order chi connectivity index (χ0) is 17.8. The summed E-state index contributed by atoms with van der Waals surface area (Å²) in [6.07, 6.45) is 7.06. The number of aromatic nitrogens is 2. The Morgan fingerprint density at radius 3 is 2.76 bits per heavy atom. The number of carbonyl (C=O) groups excluding carboxylic acids is 2. The van der Waals surface area contributed by atoms with E-state index in [9.17, 15) is 9.59 Å².